The fourth-order valence-corrected chi connectivity index (χ4v) is 10.3. The Morgan fingerprint density at radius 3 is 1.30 bits per heavy atom. The lowest BCUT2D eigenvalue weighted by atomic mass is 10.1. The summed E-state index contributed by atoms with van der Waals surface area (Å²) in [4.78, 5) is 85.1. The number of nitrogens with two attached hydrogens (primary N) is 2. The van der Waals surface area contributed by atoms with Crippen LogP contribution in [0.3, 0.4) is 0 Å². The molecule has 16 nitrogen and oxygen atoms in total. The maximum absolute atomic E-state index is 12.5. The molecule has 21 heteroatoms. The number of carboxylic acids is 1. The Bertz CT molecular complexity index is 4030. The van der Waals surface area contributed by atoms with E-state index in [2.05, 4.69) is 87.4 Å². The number of Topliss-reactive ketones (excluding diaryl/α,β-unsaturated/α-hetero) is 3. The number of carbonyl (C=O) groups excluding carboxylic acids is 4. The summed E-state index contributed by atoms with van der Waals surface area (Å²) in [5.41, 5.74) is 26.8. The molecule has 11 aromatic rings. The highest BCUT2D eigenvalue weighted by molar-refractivity contribution is 9.09. The molecule has 0 saturated carbocycles. The van der Waals surface area contributed by atoms with E-state index in [0.29, 0.717) is 34.1 Å². The number of nitrogens with zero attached hydrogens (tertiary/aromatic N) is 7. The molecular formula is C68H63BrN10O6S4. The monoisotopic (exact) mass is 1320 g/mol. The smallest absolute Gasteiger partial charge is 0.365 e. The van der Waals surface area contributed by atoms with Gasteiger partial charge in [-0.3, -0.25) is 39.1 Å². The van der Waals surface area contributed by atoms with Gasteiger partial charge < -0.3 is 21.9 Å². The van der Waals surface area contributed by atoms with Crippen LogP contribution in [0.1, 0.15) is 87.3 Å². The molecule has 6 N–H and O–H groups in total. The van der Waals surface area contributed by atoms with E-state index in [-0.39, 0.29) is 33.3 Å². The van der Waals surface area contributed by atoms with Crippen molar-refractivity contribution in [2.75, 3.05) is 5.33 Å². The summed E-state index contributed by atoms with van der Waals surface area (Å²) in [7, 11) is 0. The number of thiazole rings is 3. The Morgan fingerprint density at radius 2 is 0.933 bits per heavy atom. The van der Waals surface area contributed by atoms with Crippen molar-refractivity contribution < 1.29 is 29.1 Å². The number of rotatable bonds is 14. The number of hydrogen-bond donors (Lipinski definition) is 4. The van der Waals surface area contributed by atoms with Gasteiger partial charge in [-0.2, -0.15) is 0 Å². The number of amides is 1. The van der Waals surface area contributed by atoms with Crippen LogP contribution in [-0.2, 0) is 17.9 Å². The summed E-state index contributed by atoms with van der Waals surface area (Å²) < 4.78 is 0. The molecule has 0 bridgehead atoms. The molecule has 0 fully saturated rings. The standard InChI is InChI=1S/C23H20N4OS.C13H15N3.C11H9NOS.C10H7NO2S.C8H7BrO.C3H5NOS/c1-15-10-17(12-25-21(15)19-8-9-24-16(2)11-19)13-26-22(28)23-27-20(14-29-23)18-6-4-3-5-7-18;1-9-5-11(7-14)8-16-13(9)12-3-4-15-10(2)6-12;1-8(13)11-12-10(7-14-11)9-5-3-2-4-6-9;12-10(13)9-11-8(6-14-9)7-4-2-1-3-5-7;9-6-8(10)7-4-2-1-3-5-7;1-2(5)3(4)6/h3-12,14H,13H2,1-2H3,(H,26,28);3-6,8H,7,14H2,1-2H3;2-7H,1H3;1-6H,(H,12,13);1-5H,6H2;1H3,(H2,4,6). The second-order valence-electron chi connectivity index (χ2n) is 19.2. The Kier molecular flexibility index (Phi) is 27.4. The number of aromatic carboxylic acids is 1. The molecule has 0 radical (unpaired) electrons. The van der Waals surface area contributed by atoms with Crippen LogP contribution in [0.4, 0.5) is 0 Å². The predicted octanol–water partition coefficient (Wildman–Crippen LogP) is 14.7. The van der Waals surface area contributed by atoms with Crippen LogP contribution >= 0.6 is 62.2 Å². The van der Waals surface area contributed by atoms with Gasteiger partial charge in [0.2, 0.25) is 5.01 Å². The van der Waals surface area contributed by atoms with Gasteiger partial charge >= 0.3 is 5.97 Å². The zero-order valence-electron chi connectivity index (χ0n) is 49.5. The summed E-state index contributed by atoms with van der Waals surface area (Å²) in [6, 6.07) is 50.6. The van der Waals surface area contributed by atoms with Crippen LogP contribution in [0, 0.1) is 27.7 Å². The molecule has 0 aliphatic carbocycles. The highest BCUT2D eigenvalue weighted by Gasteiger charge is 2.14. The average Bonchev–Trinajstić information content (AvgIpc) is 3.51. The third-order valence-corrected chi connectivity index (χ3v) is 15.7. The maximum atomic E-state index is 12.5. The lowest BCUT2D eigenvalue weighted by Crippen LogP contribution is -2.22. The molecule has 0 atom stereocenters. The van der Waals surface area contributed by atoms with Crippen molar-refractivity contribution in [1.82, 2.24) is 40.2 Å². The lowest BCUT2D eigenvalue weighted by Gasteiger charge is -2.09. The first-order chi connectivity index (χ1) is 42.8. The highest BCUT2D eigenvalue weighted by Crippen LogP contribution is 2.26. The second-order valence-corrected chi connectivity index (χ2v) is 22.8. The molecule has 7 heterocycles. The minimum atomic E-state index is -0.975. The number of carbonyl (C=O) groups is 5. The molecule has 11 rings (SSSR count). The molecule has 1 amide bonds. The molecular weight excluding hydrogens is 1260 g/mol. The van der Waals surface area contributed by atoms with Crippen molar-refractivity contribution in [2.45, 2.75) is 54.6 Å². The van der Waals surface area contributed by atoms with Crippen molar-refractivity contribution in [3.63, 3.8) is 0 Å². The number of nitrogens with one attached hydrogen (secondary N) is 1. The molecule has 0 spiro atoms. The molecule has 7 aromatic heterocycles. The fourth-order valence-electron chi connectivity index (χ4n) is 7.83. The average molecular weight is 1320 g/mol. The van der Waals surface area contributed by atoms with Gasteiger partial charge in [-0.05, 0) is 74.2 Å². The minimum absolute atomic E-state index is 0.0252. The first kappa shape index (κ1) is 68.8. The first-order valence-corrected chi connectivity index (χ1v) is 31.5. The van der Waals surface area contributed by atoms with E-state index in [0.717, 1.165) is 101 Å². The van der Waals surface area contributed by atoms with Gasteiger partial charge in [0.1, 0.15) is 4.99 Å². The van der Waals surface area contributed by atoms with Crippen LogP contribution in [0.5, 0.6) is 0 Å². The Hall–Kier alpha value is -9.35. The third-order valence-electron chi connectivity index (χ3n) is 12.3. The van der Waals surface area contributed by atoms with Crippen LogP contribution in [-0.4, -0.2) is 79.5 Å². The highest BCUT2D eigenvalue weighted by atomic mass is 79.9. The molecule has 89 heavy (non-hydrogen) atoms. The SMILES string of the molecule is CC(=O)C(N)=S.CC(=O)c1nc(-c2ccccc2)cs1.Cc1cc(-c2ncc(CN)cc2C)ccn1.Cc1cc(-c2ncc(CNC(=O)c3nc(-c4ccccc4)cs3)cc2C)ccn1.O=C(CBr)c1ccccc1.O=C(O)c1nc(-c2ccccc2)cs1. The van der Waals surface area contributed by atoms with E-state index in [1.54, 1.807) is 17.8 Å². The maximum Gasteiger partial charge on any atom is 0.365 e. The largest absolute Gasteiger partial charge is 0.476 e. The van der Waals surface area contributed by atoms with E-state index < -0.39 is 5.97 Å². The summed E-state index contributed by atoms with van der Waals surface area (Å²) in [5.74, 6) is -1.23. The number of alkyl halides is 1. The van der Waals surface area contributed by atoms with E-state index in [1.165, 1.54) is 36.5 Å². The van der Waals surface area contributed by atoms with E-state index >= 15 is 0 Å². The normalized spacial score (nSPS) is 10.1. The van der Waals surface area contributed by atoms with Crippen molar-refractivity contribution in [1.29, 1.82) is 0 Å². The van der Waals surface area contributed by atoms with Crippen molar-refractivity contribution in [3.05, 3.63) is 253 Å². The van der Waals surface area contributed by atoms with Gasteiger partial charge in [0.15, 0.2) is 27.4 Å². The third kappa shape index (κ3) is 22.1. The summed E-state index contributed by atoms with van der Waals surface area (Å²) >= 11 is 11.2. The Morgan fingerprint density at radius 1 is 0.539 bits per heavy atom. The van der Waals surface area contributed by atoms with Crippen LogP contribution in [0.25, 0.3) is 56.3 Å². The van der Waals surface area contributed by atoms with Gasteiger partial charge in [0.05, 0.1) is 33.8 Å². The second kappa shape index (κ2) is 35.5. The summed E-state index contributed by atoms with van der Waals surface area (Å²) in [6.07, 6.45) is 7.23. The molecule has 452 valence electrons. The van der Waals surface area contributed by atoms with Crippen LogP contribution < -0.4 is 16.8 Å². The Labute approximate surface area is 542 Å². The number of carboxylic acid groups (broad SMARTS) is 1. The molecule has 0 aliphatic heterocycles. The van der Waals surface area contributed by atoms with Crippen LogP contribution in [0.2, 0.25) is 0 Å². The summed E-state index contributed by atoms with van der Waals surface area (Å²) in [5, 5.41) is 18.7. The van der Waals surface area contributed by atoms with Gasteiger partial charge in [-0.25, -0.2) is 19.7 Å². The van der Waals surface area contributed by atoms with Crippen molar-refractivity contribution >= 4 is 96.4 Å². The lowest BCUT2D eigenvalue weighted by molar-refractivity contribution is -0.111. The zero-order valence-corrected chi connectivity index (χ0v) is 54.3. The molecule has 0 aliphatic rings. The number of benzene rings is 4. The van der Waals surface area contributed by atoms with Crippen molar-refractivity contribution in [2.24, 2.45) is 11.5 Å². The zero-order chi connectivity index (χ0) is 64.2. The topological polar surface area (TPSA) is 260 Å². The number of thiocarbonyl (C=S) groups is 1. The summed E-state index contributed by atoms with van der Waals surface area (Å²) in [6.45, 7) is 11.8. The number of hydrogen-bond acceptors (Lipinski definition) is 17. The number of aromatic nitrogens is 7. The molecule has 0 unspecified atom stereocenters. The van der Waals surface area contributed by atoms with Crippen LogP contribution in [0.15, 0.2) is 199 Å². The number of pyridine rings is 4. The fraction of sp³-hybridized carbons (Fsp3) is 0.132. The van der Waals surface area contributed by atoms with Crippen molar-refractivity contribution in [3.8, 4) is 56.3 Å². The molecule has 4 aromatic carbocycles. The Balaban J connectivity index is 0.000000182. The predicted molar refractivity (Wildman–Crippen MR) is 365 cm³/mol. The van der Waals surface area contributed by atoms with Gasteiger partial charge in [-0.1, -0.05) is 162 Å². The quantitative estimate of drug-likeness (QED) is 0.0448. The van der Waals surface area contributed by atoms with E-state index in [1.807, 2.05) is 190 Å². The van der Waals surface area contributed by atoms with Gasteiger partial charge in [-0.15, -0.1) is 34.0 Å². The molecule has 0 saturated heterocycles. The van der Waals surface area contributed by atoms with Gasteiger partial charge in [0.25, 0.3) is 5.91 Å². The van der Waals surface area contributed by atoms with Gasteiger partial charge in [0, 0.05) is 113 Å². The minimum Gasteiger partial charge on any atom is -0.476 e. The number of halogens is 1. The van der Waals surface area contributed by atoms with E-state index in [9.17, 15) is 24.0 Å². The van der Waals surface area contributed by atoms with E-state index in [4.69, 9.17) is 16.6 Å². The first-order valence-electron chi connectivity index (χ1n) is 27.3. The number of ketones is 3. The number of aryl methyl sites for hydroxylation is 4.